The van der Waals surface area contributed by atoms with Crippen LogP contribution in [0.5, 0.6) is 5.75 Å². The van der Waals surface area contributed by atoms with Crippen LogP contribution in [-0.2, 0) is 0 Å². The highest BCUT2D eigenvalue weighted by Gasteiger charge is 2.34. The molecule has 1 saturated heterocycles. The Hall–Kier alpha value is -1.92. The Bertz CT molecular complexity index is 713. The third kappa shape index (κ3) is 4.02. The first kappa shape index (κ1) is 16.5. The third-order valence-corrected chi connectivity index (χ3v) is 4.92. The second kappa shape index (κ2) is 7.14. The van der Waals surface area contributed by atoms with E-state index in [2.05, 4.69) is 15.0 Å². The van der Waals surface area contributed by atoms with Crippen molar-refractivity contribution >= 4 is 0 Å². The average Bonchev–Trinajstić information content (AvgIpc) is 3.15. The number of aromatic nitrogens is 2. The summed E-state index contributed by atoms with van der Waals surface area (Å²) in [5, 5.41) is 14.6. The number of hydrogen-bond donors (Lipinski definition) is 1. The molecule has 1 aliphatic carbocycles. The predicted octanol–water partition coefficient (Wildman–Crippen LogP) is 2.83. The van der Waals surface area contributed by atoms with Crippen LogP contribution in [0.2, 0.25) is 0 Å². The summed E-state index contributed by atoms with van der Waals surface area (Å²) in [5.41, 5.74) is 1.15. The van der Waals surface area contributed by atoms with Crippen LogP contribution in [0.25, 0.3) is 0 Å². The Kier molecular flexibility index (Phi) is 4.72. The van der Waals surface area contributed by atoms with Gasteiger partial charge in [0.25, 0.3) is 0 Å². The van der Waals surface area contributed by atoms with Crippen LogP contribution >= 0.6 is 0 Å². The van der Waals surface area contributed by atoms with Gasteiger partial charge in [0.1, 0.15) is 18.5 Å². The highest BCUT2D eigenvalue weighted by molar-refractivity contribution is 5.27. The fraction of sp³-hybridized carbons (Fsp3) is 0.579. The van der Waals surface area contributed by atoms with Gasteiger partial charge in [-0.3, -0.25) is 4.90 Å². The van der Waals surface area contributed by atoms with Crippen LogP contribution < -0.4 is 4.74 Å². The SMILES string of the molecule is Cc1cccc(OC[C@@H](O)CN2CCC[C@@H]2c2noc(C3CC3)n2)c1. The Balaban J connectivity index is 1.32. The molecule has 2 fully saturated rings. The van der Waals surface area contributed by atoms with Gasteiger partial charge in [0, 0.05) is 12.5 Å². The molecule has 134 valence electrons. The second-order valence-corrected chi connectivity index (χ2v) is 7.20. The molecule has 4 rings (SSSR count). The number of aliphatic hydroxyl groups is 1. The lowest BCUT2D eigenvalue weighted by Gasteiger charge is -2.24. The zero-order valence-electron chi connectivity index (χ0n) is 14.6. The highest BCUT2D eigenvalue weighted by Crippen LogP contribution is 2.40. The predicted molar refractivity (Wildman–Crippen MR) is 92.5 cm³/mol. The van der Waals surface area contributed by atoms with Crippen molar-refractivity contribution < 1.29 is 14.4 Å². The molecule has 25 heavy (non-hydrogen) atoms. The minimum Gasteiger partial charge on any atom is -0.491 e. The lowest BCUT2D eigenvalue weighted by molar-refractivity contribution is 0.0623. The lowest BCUT2D eigenvalue weighted by atomic mass is 10.2. The molecule has 6 nitrogen and oxygen atoms in total. The van der Waals surface area contributed by atoms with Crippen molar-refractivity contribution in [1.82, 2.24) is 15.0 Å². The monoisotopic (exact) mass is 343 g/mol. The molecule has 6 heteroatoms. The summed E-state index contributed by atoms with van der Waals surface area (Å²) in [5.74, 6) is 2.82. The number of aliphatic hydroxyl groups excluding tert-OH is 1. The summed E-state index contributed by atoms with van der Waals surface area (Å²) in [4.78, 5) is 6.82. The molecule has 1 saturated carbocycles. The van der Waals surface area contributed by atoms with E-state index in [4.69, 9.17) is 9.26 Å². The first-order chi connectivity index (χ1) is 12.2. The van der Waals surface area contributed by atoms with Crippen LogP contribution in [0, 0.1) is 6.92 Å². The fourth-order valence-corrected chi connectivity index (χ4v) is 3.44. The van der Waals surface area contributed by atoms with Gasteiger partial charge in [0.05, 0.1) is 6.04 Å². The van der Waals surface area contributed by atoms with Crippen LogP contribution in [-0.4, -0.2) is 45.9 Å². The molecule has 0 spiro atoms. The van der Waals surface area contributed by atoms with Crippen LogP contribution in [0.4, 0.5) is 0 Å². The Morgan fingerprint density at radius 3 is 3.04 bits per heavy atom. The number of β-amino-alcohol motifs (C(OH)–C–C–N with tert-alkyl or cyclic N) is 1. The van der Waals surface area contributed by atoms with E-state index < -0.39 is 6.10 Å². The molecule has 2 aliphatic rings. The van der Waals surface area contributed by atoms with E-state index in [1.54, 1.807) is 0 Å². The molecule has 2 aromatic rings. The summed E-state index contributed by atoms with van der Waals surface area (Å²) >= 11 is 0. The quantitative estimate of drug-likeness (QED) is 0.833. The number of ether oxygens (including phenoxy) is 1. The van der Waals surface area contributed by atoms with E-state index in [-0.39, 0.29) is 12.6 Å². The van der Waals surface area contributed by atoms with E-state index >= 15 is 0 Å². The standard InChI is InChI=1S/C19H25N3O3/c1-13-4-2-5-16(10-13)24-12-15(23)11-22-9-3-6-17(22)18-20-19(25-21-18)14-7-8-14/h2,4-5,10,14-15,17,23H,3,6-9,11-12H2,1H3/t15-,17+/m0/s1. The van der Waals surface area contributed by atoms with E-state index in [1.165, 1.54) is 0 Å². The summed E-state index contributed by atoms with van der Waals surface area (Å²) in [6.07, 6.45) is 3.87. The molecular weight excluding hydrogens is 318 g/mol. The topological polar surface area (TPSA) is 71.6 Å². The molecule has 0 radical (unpaired) electrons. The van der Waals surface area contributed by atoms with Crippen LogP contribution in [0.15, 0.2) is 28.8 Å². The minimum atomic E-state index is -0.545. The first-order valence-electron chi connectivity index (χ1n) is 9.14. The molecule has 1 aliphatic heterocycles. The number of hydrogen-bond acceptors (Lipinski definition) is 6. The molecule has 1 aromatic carbocycles. The number of likely N-dealkylation sites (tertiary alicyclic amines) is 1. The molecule has 0 bridgehead atoms. The summed E-state index contributed by atoms with van der Waals surface area (Å²) in [6, 6.07) is 8.02. The third-order valence-electron chi connectivity index (χ3n) is 4.92. The highest BCUT2D eigenvalue weighted by atomic mass is 16.5. The molecule has 2 heterocycles. The molecule has 0 amide bonds. The normalized spacial score (nSPS) is 22.2. The summed E-state index contributed by atoms with van der Waals surface area (Å²) in [7, 11) is 0. The van der Waals surface area contributed by atoms with Crippen molar-refractivity contribution in [2.45, 2.75) is 50.7 Å². The van der Waals surface area contributed by atoms with Gasteiger partial charge in [-0.15, -0.1) is 0 Å². The number of aryl methyl sites for hydroxylation is 1. The largest absolute Gasteiger partial charge is 0.491 e. The van der Waals surface area contributed by atoms with Gasteiger partial charge in [-0.1, -0.05) is 17.3 Å². The van der Waals surface area contributed by atoms with Gasteiger partial charge >= 0.3 is 0 Å². The summed E-state index contributed by atoms with van der Waals surface area (Å²) in [6.45, 7) is 3.81. The van der Waals surface area contributed by atoms with Gasteiger partial charge in [-0.25, -0.2) is 0 Å². The zero-order chi connectivity index (χ0) is 17.2. The number of nitrogens with zero attached hydrogens (tertiary/aromatic N) is 3. The lowest BCUT2D eigenvalue weighted by Crippen LogP contribution is -2.35. The Morgan fingerprint density at radius 2 is 2.24 bits per heavy atom. The number of benzene rings is 1. The number of rotatable bonds is 7. The van der Waals surface area contributed by atoms with Gasteiger partial charge in [-0.2, -0.15) is 4.98 Å². The van der Waals surface area contributed by atoms with E-state index in [9.17, 15) is 5.11 Å². The van der Waals surface area contributed by atoms with Gasteiger partial charge < -0.3 is 14.4 Å². The molecule has 1 N–H and O–H groups in total. The van der Waals surface area contributed by atoms with Crippen molar-refractivity contribution in [1.29, 1.82) is 0 Å². The smallest absolute Gasteiger partial charge is 0.229 e. The molecule has 0 unspecified atom stereocenters. The minimum absolute atomic E-state index is 0.143. The average molecular weight is 343 g/mol. The van der Waals surface area contributed by atoms with Crippen molar-refractivity contribution in [3.63, 3.8) is 0 Å². The van der Waals surface area contributed by atoms with Gasteiger partial charge in [-0.05, 0) is 56.8 Å². The maximum atomic E-state index is 10.4. The molecular formula is C19H25N3O3. The molecule has 1 aromatic heterocycles. The summed E-state index contributed by atoms with van der Waals surface area (Å²) < 4.78 is 11.1. The van der Waals surface area contributed by atoms with Crippen molar-refractivity contribution in [3.05, 3.63) is 41.5 Å². The van der Waals surface area contributed by atoms with Gasteiger partial charge in [0.15, 0.2) is 5.82 Å². The van der Waals surface area contributed by atoms with Crippen LogP contribution in [0.3, 0.4) is 0 Å². The fourth-order valence-electron chi connectivity index (χ4n) is 3.44. The van der Waals surface area contributed by atoms with Gasteiger partial charge in [0.2, 0.25) is 5.89 Å². The van der Waals surface area contributed by atoms with E-state index in [1.807, 2.05) is 31.2 Å². The van der Waals surface area contributed by atoms with E-state index in [0.29, 0.717) is 12.5 Å². The van der Waals surface area contributed by atoms with Crippen molar-refractivity contribution in [3.8, 4) is 5.75 Å². The first-order valence-corrected chi connectivity index (χ1v) is 9.14. The zero-order valence-corrected chi connectivity index (χ0v) is 14.6. The Morgan fingerprint density at radius 1 is 1.36 bits per heavy atom. The maximum Gasteiger partial charge on any atom is 0.229 e. The van der Waals surface area contributed by atoms with Crippen molar-refractivity contribution in [2.75, 3.05) is 19.7 Å². The Labute approximate surface area is 147 Å². The van der Waals surface area contributed by atoms with E-state index in [0.717, 1.165) is 55.3 Å². The second-order valence-electron chi connectivity index (χ2n) is 7.20. The van der Waals surface area contributed by atoms with Crippen molar-refractivity contribution in [2.24, 2.45) is 0 Å². The maximum absolute atomic E-state index is 10.4. The van der Waals surface area contributed by atoms with Crippen LogP contribution in [0.1, 0.15) is 54.9 Å². The molecule has 2 atom stereocenters.